The number of benzene rings is 2. The van der Waals surface area contributed by atoms with E-state index in [0.717, 1.165) is 16.6 Å². The van der Waals surface area contributed by atoms with Gasteiger partial charge in [0, 0.05) is 16.8 Å². The molecule has 0 spiro atoms. The average molecular weight is 455 g/mol. The highest BCUT2D eigenvalue weighted by Crippen LogP contribution is 2.36. The highest BCUT2D eigenvalue weighted by molar-refractivity contribution is 9.10. The molecule has 0 atom stereocenters. The molecule has 0 aliphatic carbocycles. The Bertz CT molecular complexity index is 899. The van der Waals surface area contributed by atoms with Gasteiger partial charge in [-0.05, 0) is 49.7 Å². The summed E-state index contributed by atoms with van der Waals surface area (Å²) >= 11 is 4.80. The predicted molar refractivity (Wildman–Crippen MR) is 111 cm³/mol. The third kappa shape index (κ3) is 4.07. The minimum absolute atomic E-state index is 0.209. The smallest absolute Gasteiger partial charge is 0.270 e. The summed E-state index contributed by atoms with van der Waals surface area (Å²) in [5, 5.41) is 0.478. The van der Waals surface area contributed by atoms with Crippen LogP contribution >= 0.6 is 27.7 Å². The lowest BCUT2D eigenvalue weighted by Gasteiger charge is -2.28. The van der Waals surface area contributed by atoms with Crippen molar-refractivity contribution in [3.63, 3.8) is 0 Å². The molecule has 0 unspecified atom stereocenters. The van der Waals surface area contributed by atoms with Crippen LogP contribution in [-0.2, 0) is 10.0 Å². The maximum atomic E-state index is 13.5. The van der Waals surface area contributed by atoms with E-state index in [-0.39, 0.29) is 4.90 Å². The van der Waals surface area contributed by atoms with Gasteiger partial charge in [-0.15, -0.1) is 0 Å². The van der Waals surface area contributed by atoms with Gasteiger partial charge in [-0.3, -0.25) is 4.99 Å². The Balaban J connectivity index is 2.16. The zero-order valence-corrected chi connectivity index (χ0v) is 17.5. The van der Waals surface area contributed by atoms with Crippen molar-refractivity contribution in [1.82, 2.24) is 0 Å². The average Bonchev–Trinajstić information content (AvgIpc) is 2.65. The fraction of sp³-hybridized carbons (Fsp3) is 0.278. The van der Waals surface area contributed by atoms with Gasteiger partial charge in [0.15, 0.2) is 5.17 Å². The molecule has 2 aromatic carbocycles. The topological polar surface area (TPSA) is 59.0 Å². The fourth-order valence-electron chi connectivity index (χ4n) is 2.52. The van der Waals surface area contributed by atoms with Crippen LogP contribution in [0.5, 0.6) is 5.75 Å². The van der Waals surface area contributed by atoms with Gasteiger partial charge >= 0.3 is 0 Å². The molecule has 0 saturated carbocycles. The van der Waals surface area contributed by atoms with Crippen LogP contribution in [0.3, 0.4) is 0 Å². The van der Waals surface area contributed by atoms with Gasteiger partial charge in [-0.25, -0.2) is 12.7 Å². The highest BCUT2D eigenvalue weighted by atomic mass is 79.9. The van der Waals surface area contributed by atoms with E-state index in [1.54, 1.807) is 42.5 Å². The van der Waals surface area contributed by atoms with Crippen LogP contribution in [0.2, 0.25) is 0 Å². The molecule has 0 amide bonds. The number of anilines is 1. The summed E-state index contributed by atoms with van der Waals surface area (Å²) in [6.45, 7) is 2.94. The fourth-order valence-corrected chi connectivity index (χ4v) is 5.46. The van der Waals surface area contributed by atoms with Crippen LogP contribution in [0, 0.1) is 0 Å². The van der Waals surface area contributed by atoms with Crippen molar-refractivity contribution in [3.8, 4) is 5.75 Å². The number of halogens is 1. The molecule has 3 rings (SSSR count). The van der Waals surface area contributed by atoms with Crippen molar-refractivity contribution in [2.45, 2.75) is 18.2 Å². The first-order valence-electron chi connectivity index (χ1n) is 8.24. The van der Waals surface area contributed by atoms with Gasteiger partial charge in [0.25, 0.3) is 10.0 Å². The molecule has 26 heavy (non-hydrogen) atoms. The second-order valence-electron chi connectivity index (χ2n) is 5.49. The second-order valence-corrected chi connectivity index (χ2v) is 9.25. The van der Waals surface area contributed by atoms with Crippen molar-refractivity contribution >= 4 is 48.6 Å². The molecule has 5 nitrogen and oxygen atoms in total. The number of hydrogen-bond donors (Lipinski definition) is 0. The van der Waals surface area contributed by atoms with Crippen molar-refractivity contribution < 1.29 is 13.2 Å². The van der Waals surface area contributed by atoms with E-state index < -0.39 is 10.0 Å². The molecule has 138 valence electrons. The molecule has 0 N–H and O–H groups in total. The van der Waals surface area contributed by atoms with Crippen LogP contribution in [0.4, 0.5) is 5.69 Å². The number of ether oxygens (including phenoxy) is 1. The maximum absolute atomic E-state index is 13.5. The van der Waals surface area contributed by atoms with Gasteiger partial charge in [0.1, 0.15) is 11.4 Å². The summed E-state index contributed by atoms with van der Waals surface area (Å²) < 4.78 is 34.7. The van der Waals surface area contributed by atoms with Crippen LogP contribution in [0.1, 0.15) is 13.3 Å². The first-order chi connectivity index (χ1) is 12.5. The third-order valence-electron chi connectivity index (χ3n) is 3.69. The number of sulfonamides is 1. The number of amidine groups is 1. The number of para-hydroxylation sites is 2. The Labute approximate surface area is 166 Å². The maximum Gasteiger partial charge on any atom is 0.270 e. The third-order valence-corrected chi connectivity index (χ3v) is 7.12. The first-order valence-corrected chi connectivity index (χ1v) is 11.5. The van der Waals surface area contributed by atoms with E-state index in [4.69, 9.17) is 4.74 Å². The van der Waals surface area contributed by atoms with Crippen molar-refractivity contribution in [3.05, 3.63) is 53.0 Å². The van der Waals surface area contributed by atoms with Gasteiger partial charge < -0.3 is 4.74 Å². The molecule has 0 fully saturated rings. The molecule has 0 radical (unpaired) electrons. The summed E-state index contributed by atoms with van der Waals surface area (Å²) in [6.07, 6.45) is 0.938. The predicted octanol–water partition coefficient (Wildman–Crippen LogP) is 4.54. The van der Waals surface area contributed by atoms with E-state index in [2.05, 4.69) is 20.9 Å². The molecule has 2 aromatic rings. The van der Waals surface area contributed by atoms with Crippen molar-refractivity contribution in [2.75, 3.05) is 23.2 Å². The lowest BCUT2D eigenvalue weighted by Crippen LogP contribution is -2.37. The van der Waals surface area contributed by atoms with E-state index in [0.29, 0.717) is 29.8 Å². The Morgan fingerprint density at radius 3 is 2.58 bits per heavy atom. The molecule has 1 aliphatic rings. The van der Waals surface area contributed by atoms with Crippen LogP contribution < -0.4 is 9.04 Å². The minimum atomic E-state index is -3.83. The van der Waals surface area contributed by atoms with Crippen molar-refractivity contribution in [2.24, 2.45) is 4.99 Å². The molecule has 1 aliphatic heterocycles. The Morgan fingerprint density at radius 1 is 1.19 bits per heavy atom. The van der Waals surface area contributed by atoms with Crippen LogP contribution in [0.25, 0.3) is 0 Å². The van der Waals surface area contributed by atoms with Gasteiger partial charge in [-0.2, -0.15) is 0 Å². The normalized spacial score (nSPS) is 14.6. The summed E-state index contributed by atoms with van der Waals surface area (Å²) in [5.74, 6) is 1.35. The number of rotatable bonds is 5. The van der Waals surface area contributed by atoms with E-state index in [1.165, 1.54) is 16.1 Å². The molecular weight excluding hydrogens is 436 g/mol. The quantitative estimate of drug-likeness (QED) is 0.665. The summed E-state index contributed by atoms with van der Waals surface area (Å²) in [7, 11) is -3.83. The Hall–Kier alpha value is -1.51. The lowest BCUT2D eigenvalue weighted by molar-refractivity contribution is 0.341. The van der Waals surface area contributed by atoms with E-state index in [9.17, 15) is 8.42 Å². The Kier molecular flexibility index (Phi) is 6.26. The first kappa shape index (κ1) is 19.3. The second kappa shape index (κ2) is 8.45. The summed E-state index contributed by atoms with van der Waals surface area (Å²) in [4.78, 5) is 4.69. The summed E-state index contributed by atoms with van der Waals surface area (Å²) in [6, 6.07) is 13.8. The number of aliphatic imine (C=N–C) groups is 1. The van der Waals surface area contributed by atoms with Gasteiger partial charge in [-0.1, -0.05) is 39.8 Å². The van der Waals surface area contributed by atoms with E-state index in [1.807, 2.05) is 13.0 Å². The van der Waals surface area contributed by atoms with Gasteiger partial charge in [0.05, 0.1) is 11.5 Å². The minimum Gasteiger partial charge on any atom is -0.492 e. The molecule has 0 bridgehead atoms. The summed E-state index contributed by atoms with van der Waals surface area (Å²) in [5.41, 5.74) is 0.477. The zero-order valence-electron chi connectivity index (χ0n) is 14.3. The highest BCUT2D eigenvalue weighted by Gasteiger charge is 2.32. The Morgan fingerprint density at radius 2 is 1.92 bits per heavy atom. The number of thioether (sulfide) groups is 1. The molecule has 0 saturated heterocycles. The molecular formula is C18H19BrN2O3S2. The number of nitrogens with zero attached hydrogens (tertiary/aromatic N) is 2. The van der Waals surface area contributed by atoms with Crippen LogP contribution in [-0.4, -0.2) is 32.5 Å². The van der Waals surface area contributed by atoms with Crippen LogP contribution in [0.15, 0.2) is 62.9 Å². The van der Waals surface area contributed by atoms with E-state index >= 15 is 0 Å². The standard InChI is InChI=1S/C18H19BrN2O3S2/c1-2-24-17-7-4-3-6-16(17)21(18-20-12-5-13-25-18)26(22,23)15-10-8-14(19)9-11-15/h3-4,6-11H,2,5,12-13H2,1H3. The molecule has 1 heterocycles. The lowest BCUT2D eigenvalue weighted by atomic mass is 10.3. The monoisotopic (exact) mass is 454 g/mol. The SMILES string of the molecule is CCOc1ccccc1N(C1=NCCCS1)S(=O)(=O)c1ccc(Br)cc1. The largest absolute Gasteiger partial charge is 0.492 e. The van der Waals surface area contributed by atoms with Crippen molar-refractivity contribution in [1.29, 1.82) is 0 Å². The molecule has 0 aromatic heterocycles. The zero-order chi connectivity index (χ0) is 18.6. The molecule has 8 heteroatoms. The number of hydrogen-bond acceptors (Lipinski definition) is 5. The van der Waals surface area contributed by atoms with Gasteiger partial charge in [0.2, 0.25) is 0 Å².